The second kappa shape index (κ2) is 4.38. The highest BCUT2D eigenvalue weighted by Crippen LogP contribution is 2.19. The third-order valence-corrected chi connectivity index (χ3v) is 1.50. The van der Waals surface area contributed by atoms with Gasteiger partial charge < -0.3 is 26.3 Å². The van der Waals surface area contributed by atoms with E-state index in [0.717, 1.165) is 0 Å². The molecule has 0 saturated heterocycles. The molecule has 4 N–H and O–H groups in total. The molecule has 1 aromatic rings. The number of hydrogen-bond donors (Lipinski definition) is 3. The van der Waals surface area contributed by atoms with Gasteiger partial charge in [-0.05, 0) is 16.0 Å². The van der Waals surface area contributed by atoms with Gasteiger partial charge in [-0.2, -0.15) is 0 Å². The van der Waals surface area contributed by atoms with E-state index in [1.54, 1.807) is 0 Å². The van der Waals surface area contributed by atoms with E-state index < -0.39 is 4.92 Å². The van der Waals surface area contributed by atoms with Crippen molar-refractivity contribution in [2.24, 2.45) is 0 Å². The number of pyridine rings is 1. The lowest BCUT2D eigenvalue weighted by atomic mass is 10.4. The molecule has 0 aliphatic heterocycles. The van der Waals surface area contributed by atoms with Crippen LogP contribution in [0.3, 0.4) is 0 Å². The largest absolute Gasteiger partial charge is 0.395 e. The monoisotopic (exact) mass is 198 g/mol. The van der Waals surface area contributed by atoms with Crippen LogP contribution in [-0.4, -0.2) is 28.2 Å². The fourth-order valence-corrected chi connectivity index (χ4v) is 0.888. The first kappa shape index (κ1) is 10.2. The maximum Gasteiger partial charge on any atom is 0.388 e. The van der Waals surface area contributed by atoms with Crippen LogP contribution in [0.15, 0.2) is 12.1 Å². The maximum absolute atomic E-state index is 10.4. The summed E-state index contributed by atoms with van der Waals surface area (Å²) in [5.74, 6) is -0.0621. The number of nitrogens with one attached hydrogen (secondary N) is 1. The molecule has 0 bridgehead atoms. The molecule has 7 heteroatoms. The van der Waals surface area contributed by atoms with Crippen LogP contribution in [0.4, 0.5) is 17.3 Å². The smallest absolute Gasteiger partial charge is 0.388 e. The molecule has 0 aliphatic rings. The van der Waals surface area contributed by atoms with Crippen LogP contribution in [-0.2, 0) is 0 Å². The Morgan fingerprint density at radius 2 is 2.36 bits per heavy atom. The van der Waals surface area contributed by atoms with Gasteiger partial charge in [0.15, 0.2) is 0 Å². The van der Waals surface area contributed by atoms with E-state index in [9.17, 15) is 10.1 Å². The fourth-order valence-electron chi connectivity index (χ4n) is 0.888. The minimum absolute atomic E-state index is 0.0181. The van der Waals surface area contributed by atoms with Crippen LogP contribution in [0.1, 0.15) is 0 Å². The minimum atomic E-state index is -0.653. The van der Waals surface area contributed by atoms with Gasteiger partial charge in [-0.1, -0.05) is 0 Å². The Labute approximate surface area is 79.7 Å². The molecule has 1 aromatic heterocycles. The van der Waals surface area contributed by atoms with Gasteiger partial charge in [-0.25, -0.2) is 0 Å². The average Bonchev–Trinajstić information content (AvgIpc) is 2.16. The topological polar surface area (TPSA) is 114 Å². The van der Waals surface area contributed by atoms with Crippen LogP contribution < -0.4 is 11.1 Å². The quantitative estimate of drug-likeness (QED) is 0.462. The normalized spacial score (nSPS) is 9.79. The number of aliphatic hydroxyl groups excluding tert-OH is 1. The van der Waals surface area contributed by atoms with Gasteiger partial charge in [-0.15, -0.1) is 0 Å². The summed E-state index contributed by atoms with van der Waals surface area (Å²) in [7, 11) is 0. The summed E-state index contributed by atoms with van der Waals surface area (Å²) in [6.45, 7) is 0.216. The van der Waals surface area contributed by atoms with Crippen molar-refractivity contribution in [2.45, 2.75) is 0 Å². The van der Waals surface area contributed by atoms with E-state index in [-0.39, 0.29) is 24.7 Å². The van der Waals surface area contributed by atoms with Crippen molar-refractivity contribution in [1.29, 1.82) is 0 Å². The SMILES string of the molecule is Nc1ccc(NCCO)nc1[N+](=O)[O-]. The van der Waals surface area contributed by atoms with Gasteiger partial charge in [0, 0.05) is 12.6 Å². The van der Waals surface area contributed by atoms with Gasteiger partial charge in [0.1, 0.15) is 5.69 Å². The Kier molecular flexibility index (Phi) is 3.19. The molecule has 0 amide bonds. The van der Waals surface area contributed by atoms with E-state index in [0.29, 0.717) is 5.82 Å². The molecular weight excluding hydrogens is 188 g/mol. The summed E-state index contributed by atoms with van der Waals surface area (Å²) in [5, 5.41) is 21.6. The lowest BCUT2D eigenvalue weighted by Gasteiger charge is -2.00. The van der Waals surface area contributed by atoms with Crippen LogP contribution in [0, 0.1) is 10.1 Å². The minimum Gasteiger partial charge on any atom is -0.395 e. The van der Waals surface area contributed by atoms with E-state index >= 15 is 0 Å². The van der Waals surface area contributed by atoms with Crippen LogP contribution in [0.2, 0.25) is 0 Å². The van der Waals surface area contributed by atoms with Gasteiger partial charge in [0.25, 0.3) is 0 Å². The van der Waals surface area contributed by atoms with E-state index in [1.807, 2.05) is 0 Å². The molecule has 0 aliphatic carbocycles. The van der Waals surface area contributed by atoms with Crippen molar-refractivity contribution in [3.8, 4) is 0 Å². The molecule has 76 valence electrons. The molecule has 1 rings (SSSR count). The zero-order valence-corrected chi connectivity index (χ0v) is 7.30. The van der Waals surface area contributed by atoms with E-state index in [2.05, 4.69) is 10.3 Å². The molecule has 0 aromatic carbocycles. The third kappa shape index (κ3) is 2.30. The molecule has 0 atom stereocenters. The number of nitrogens with two attached hydrogens (primary N) is 1. The van der Waals surface area contributed by atoms with Crippen molar-refractivity contribution in [2.75, 3.05) is 24.2 Å². The first-order valence-electron chi connectivity index (χ1n) is 3.91. The Hall–Kier alpha value is -1.89. The summed E-state index contributed by atoms with van der Waals surface area (Å²) in [4.78, 5) is 13.4. The lowest BCUT2D eigenvalue weighted by molar-refractivity contribution is -0.388. The zero-order chi connectivity index (χ0) is 10.6. The summed E-state index contributed by atoms with van der Waals surface area (Å²) in [5.41, 5.74) is 5.36. The van der Waals surface area contributed by atoms with Gasteiger partial charge >= 0.3 is 5.82 Å². The zero-order valence-electron chi connectivity index (χ0n) is 7.30. The number of aliphatic hydroxyl groups is 1. The van der Waals surface area contributed by atoms with Crippen molar-refractivity contribution < 1.29 is 10.0 Å². The second-order valence-corrected chi connectivity index (χ2v) is 2.52. The van der Waals surface area contributed by atoms with Crippen LogP contribution >= 0.6 is 0 Å². The molecular formula is C7H10N4O3. The molecule has 0 radical (unpaired) electrons. The molecule has 0 saturated carbocycles. The molecule has 0 fully saturated rings. The summed E-state index contributed by atoms with van der Waals surface area (Å²) < 4.78 is 0. The molecule has 0 unspecified atom stereocenters. The number of rotatable bonds is 4. The maximum atomic E-state index is 10.4. The van der Waals surface area contributed by atoms with E-state index in [4.69, 9.17) is 10.8 Å². The molecule has 7 nitrogen and oxygen atoms in total. The summed E-state index contributed by atoms with van der Waals surface area (Å²) in [6, 6.07) is 2.91. The first-order chi connectivity index (χ1) is 6.65. The van der Waals surface area contributed by atoms with E-state index in [1.165, 1.54) is 12.1 Å². The summed E-state index contributed by atoms with van der Waals surface area (Å²) >= 11 is 0. The number of nitro groups is 1. The van der Waals surface area contributed by atoms with Gasteiger partial charge in [0.2, 0.25) is 5.82 Å². The summed E-state index contributed by atoms with van der Waals surface area (Å²) in [6.07, 6.45) is 0. The first-order valence-corrected chi connectivity index (χ1v) is 3.91. The predicted octanol–water partition coefficient (Wildman–Crippen LogP) is -0.0238. The fraction of sp³-hybridized carbons (Fsp3) is 0.286. The number of aromatic nitrogens is 1. The average molecular weight is 198 g/mol. The lowest BCUT2D eigenvalue weighted by Crippen LogP contribution is -2.08. The van der Waals surface area contributed by atoms with Gasteiger partial charge in [0.05, 0.1) is 6.61 Å². The molecule has 1 heterocycles. The van der Waals surface area contributed by atoms with Crippen LogP contribution in [0.5, 0.6) is 0 Å². The Balaban J connectivity index is 2.89. The van der Waals surface area contributed by atoms with Crippen LogP contribution in [0.25, 0.3) is 0 Å². The third-order valence-electron chi connectivity index (χ3n) is 1.50. The molecule has 0 spiro atoms. The number of nitrogen functional groups attached to an aromatic ring is 1. The second-order valence-electron chi connectivity index (χ2n) is 2.52. The number of anilines is 2. The highest BCUT2D eigenvalue weighted by atomic mass is 16.6. The van der Waals surface area contributed by atoms with Gasteiger partial charge in [-0.3, -0.25) is 0 Å². The van der Waals surface area contributed by atoms with Crippen molar-refractivity contribution in [3.05, 3.63) is 22.2 Å². The van der Waals surface area contributed by atoms with Crippen molar-refractivity contribution in [3.63, 3.8) is 0 Å². The Bertz CT molecular complexity index is 342. The highest BCUT2D eigenvalue weighted by Gasteiger charge is 2.14. The van der Waals surface area contributed by atoms with Crippen molar-refractivity contribution >= 4 is 17.3 Å². The highest BCUT2D eigenvalue weighted by molar-refractivity contribution is 5.57. The van der Waals surface area contributed by atoms with Crippen molar-refractivity contribution in [1.82, 2.24) is 4.98 Å². The Morgan fingerprint density at radius 3 is 2.93 bits per heavy atom. The number of nitrogens with zero attached hydrogens (tertiary/aromatic N) is 2. The standard InChI is InChI=1S/C7H10N4O3/c8-5-1-2-6(9-3-4-12)10-7(5)11(13)14/h1-2,12H,3-4,8H2,(H,9,10). The molecule has 14 heavy (non-hydrogen) atoms. The number of hydrogen-bond acceptors (Lipinski definition) is 6. The predicted molar refractivity (Wildman–Crippen MR) is 50.9 cm³/mol. The Morgan fingerprint density at radius 1 is 1.64 bits per heavy atom.